The first kappa shape index (κ1) is 12.2. The number of furan rings is 1. The van der Waals surface area contributed by atoms with Gasteiger partial charge in [-0.2, -0.15) is 4.98 Å². The lowest BCUT2D eigenvalue weighted by atomic mass is 9.98. The van der Waals surface area contributed by atoms with Crippen LogP contribution in [0.4, 0.5) is 5.95 Å². The fourth-order valence-corrected chi connectivity index (χ4v) is 2.62. The number of anilines is 1. The number of nitrogens with zero attached hydrogens (tertiary/aromatic N) is 3. The van der Waals surface area contributed by atoms with Crippen molar-refractivity contribution in [3.8, 4) is 11.4 Å². The zero-order valence-corrected chi connectivity index (χ0v) is 11.1. The zero-order valence-electron chi connectivity index (χ0n) is 11.1. The topological polar surface area (TPSA) is 70.0 Å². The molecule has 2 aromatic heterocycles. The fourth-order valence-electron chi connectivity index (χ4n) is 2.62. The third-order valence-electron chi connectivity index (χ3n) is 3.56. The maximum absolute atomic E-state index is 5.06. The van der Waals surface area contributed by atoms with Gasteiger partial charge in [0.15, 0.2) is 5.82 Å². The lowest BCUT2D eigenvalue weighted by Gasteiger charge is -2.31. The quantitative estimate of drug-likeness (QED) is 0.873. The minimum absolute atomic E-state index is 0.676. The second kappa shape index (κ2) is 5.44. The number of aromatic amines is 1. The molecule has 19 heavy (non-hydrogen) atoms. The van der Waals surface area contributed by atoms with Gasteiger partial charge in [-0.1, -0.05) is 0 Å². The van der Waals surface area contributed by atoms with Gasteiger partial charge < -0.3 is 14.6 Å². The van der Waals surface area contributed by atoms with Crippen LogP contribution in [0.5, 0.6) is 0 Å². The van der Waals surface area contributed by atoms with Crippen molar-refractivity contribution in [2.45, 2.75) is 12.8 Å². The van der Waals surface area contributed by atoms with Crippen LogP contribution in [0.3, 0.4) is 0 Å². The van der Waals surface area contributed by atoms with Gasteiger partial charge in [0.1, 0.15) is 6.26 Å². The minimum Gasteiger partial charge on any atom is -0.472 e. The van der Waals surface area contributed by atoms with Gasteiger partial charge in [-0.25, -0.2) is 0 Å². The molecule has 0 aromatic carbocycles. The molecule has 6 heteroatoms. The Morgan fingerprint density at radius 1 is 1.58 bits per heavy atom. The van der Waals surface area contributed by atoms with Crippen molar-refractivity contribution in [3.05, 3.63) is 18.6 Å². The first-order valence-electron chi connectivity index (χ1n) is 6.71. The van der Waals surface area contributed by atoms with E-state index in [-0.39, 0.29) is 0 Å². The van der Waals surface area contributed by atoms with E-state index in [1.54, 1.807) is 12.5 Å². The SMILES string of the molecule is CNCC1CCCN(c2n[nH]c(-c3ccoc3)n2)C1. The highest BCUT2D eigenvalue weighted by Crippen LogP contribution is 2.22. The van der Waals surface area contributed by atoms with E-state index in [4.69, 9.17) is 4.42 Å². The molecule has 0 saturated carbocycles. The number of H-pyrrole nitrogens is 1. The molecule has 0 bridgehead atoms. The summed E-state index contributed by atoms with van der Waals surface area (Å²) in [5, 5.41) is 10.5. The molecule has 2 N–H and O–H groups in total. The third-order valence-corrected chi connectivity index (χ3v) is 3.56. The maximum Gasteiger partial charge on any atom is 0.245 e. The third kappa shape index (κ3) is 2.63. The van der Waals surface area contributed by atoms with E-state index in [1.165, 1.54) is 12.8 Å². The maximum atomic E-state index is 5.06. The Morgan fingerprint density at radius 2 is 2.53 bits per heavy atom. The van der Waals surface area contributed by atoms with Crippen LogP contribution in [0.25, 0.3) is 11.4 Å². The predicted molar refractivity (Wildman–Crippen MR) is 72.9 cm³/mol. The average Bonchev–Trinajstić information content (AvgIpc) is 3.11. The van der Waals surface area contributed by atoms with Crippen LogP contribution in [0.2, 0.25) is 0 Å². The predicted octanol–water partition coefficient (Wildman–Crippen LogP) is 1.50. The van der Waals surface area contributed by atoms with Crippen LogP contribution >= 0.6 is 0 Å². The molecule has 1 atom stereocenters. The van der Waals surface area contributed by atoms with Crippen LogP contribution in [-0.2, 0) is 0 Å². The first-order valence-corrected chi connectivity index (χ1v) is 6.71. The Bertz CT molecular complexity index is 505. The summed E-state index contributed by atoms with van der Waals surface area (Å²) >= 11 is 0. The summed E-state index contributed by atoms with van der Waals surface area (Å²) in [6.07, 6.45) is 5.78. The summed E-state index contributed by atoms with van der Waals surface area (Å²) < 4.78 is 5.06. The van der Waals surface area contributed by atoms with Gasteiger partial charge in [0, 0.05) is 13.1 Å². The van der Waals surface area contributed by atoms with Gasteiger partial charge in [-0.3, -0.25) is 5.10 Å². The Balaban J connectivity index is 1.72. The number of hydrogen-bond donors (Lipinski definition) is 2. The molecule has 1 saturated heterocycles. The molecule has 1 unspecified atom stereocenters. The van der Waals surface area contributed by atoms with Gasteiger partial charge in [0.05, 0.1) is 11.8 Å². The minimum atomic E-state index is 0.676. The molecule has 6 nitrogen and oxygen atoms in total. The lowest BCUT2D eigenvalue weighted by Crippen LogP contribution is -2.39. The van der Waals surface area contributed by atoms with Crippen LogP contribution in [0.15, 0.2) is 23.0 Å². The van der Waals surface area contributed by atoms with Crippen LogP contribution in [-0.4, -0.2) is 41.9 Å². The number of hydrogen-bond acceptors (Lipinski definition) is 5. The molecule has 0 radical (unpaired) electrons. The van der Waals surface area contributed by atoms with E-state index in [0.717, 1.165) is 37.0 Å². The van der Waals surface area contributed by atoms with Crippen molar-refractivity contribution in [3.63, 3.8) is 0 Å². The number of rotatable bonds is 4. The van der Waals surface area contributed by atoms with E-state index >= 15 is 0 Å². The summed E-state index contributed by atoms with van der Waals surface area (Å²) in [5.74, 6) is 2.23. The monoisotopic (exact) mass is 261 g/mol. The van der Waals surface area contributed by atoms with Gasteiger partial charge in [-0.05, 0) is 38.4 Å². The highest BCUT2D eigenvalue weighted by molar-refractivity contribution is 5.54. The molecule has 1 fully saturated rings. The fraction of sp³-hybridized carbons (Fsp3) is 0.538. The Kier molecular flexibility index (Phi) is 3.50. The van der Waals surface area contributed by atoms with Crippen molar-refractivity contribution in [2.75, 3.05) is 31.6 Å². The Morgan fingerprint density at radius 3 is 3.32 bits per heavy atom. The summed E-state index contributed by atoms with van der Waals surface area (Å²) in [4.78, 5) is 6.81. The molecule has 1 aliphatic heterocycles. The molecule has 3 rings (SSSR count). The van der Waals surface area contributed by atoms with Gasteiger partial charge in [0.25, 0.3) is 0 Å². The molecular formula is C13H19N5O. The van der Waals surface area contributed by atoms with Crippen molar-refractivity contribution in [1.29, 1.82) is 0 Å². The number of piperidine rings is 1. The highest BCUT2D eigenvalue weighted by atomic mass is 16.3. The number of nitrogens with one attached hydrogen (secondary N) is 2. The molecule has 0 amide bonds. The van der Waals surface area contributed by atoms with Gasteiger partial charge in [0.2, 0.25) is 5.95 Å². The molecule has 3 heterocycles. The average molecular weight is 261 g/mol. The van der Waals surface area contributed by atoms with Crippen LogP contribution in [0.1, 0.15) is 12.8 Å². The molecule has 102 valence electrons. The van der Waals surface area contributed by atoms with Gasteiger partial charge in [-0.15, -0.1) is 5.10 Å². The lowest BCUT2D eigenvalue weighted by molar-refractivity contribution is 0.399. The smallest absolute Gasteiger partial charge is 0.245 e. The van der Waals surface area contributed by atoms with Crippen molar-refractivity contribution >= 4 is 5.95 Å². The van der Waals surface area contributed by atoms with Crippen molar-refractivity contribution < 1.29 is 4.42 Å². The van der Waals surface area contributed by atoms with Crippen LogP contribution in [0, 0.1) is 5.92 Å². The normalized spacial score (nSPS) is 19.8. The largest absolute Gasteiger partial charge is 0.472 e. The van der Waals surface area contributed by atoms with Crippen LogP contribution < -0.4 is 10.2 Å². The zero-order chi connectivity index (χ0) is 13.1. The van der Waals surface area contributed by atoms with E-state index < -0.39 is 0 Å². The molecule has 0 spiro atoms. The summed E-state index contributed by atoms with van der Waals surface area (Å²) in [5.41, 5.74) is 0.933. The number of aromatic nitrogens is 3. The summed E-state index contributed by atoms with van der Waals surface area (Å²) in [7, 11) is 2.00. The van der Waals surface area contributed by atoms with Gasteiger partial charge >= 0.3 is 0 Å². The Hall–Kier alpha value is -1.82. The first-order chi connectivity index (χ1) is 9.36. The molecule has 2 aromatic rings. The summed E-state index contributed by atoms with van der Waals surface area (Å²) in [6, 6.07) is 1.88. The second-order valence-electron chi connectivity index (χ2n) is 5.01. The highest BCUT2D eigenvalue weighted by Gasteiger charge is 2.22. The second-order valence-corrected chi connectivity index (χ2v) is 5.01. The van der Waals surface area contributed by atoms with E-state index in [0.29, 0.717) is 5.92 Å². The van der Waals surface area contributed by atoms with Crippen molar-refractivity contribution in [1.82, 2.24) is 20.5 Å². The molecule has 1 aliphatic rings. The van der Waals surface area contributed by atoms with E-state index in [9.17, 15) is 0 Å². The van der Waals surface area contributed by atoms with Crippen molar-refractivity contribution in [2.24, 2.45) is 5.92 Å². The van der Waals surface area contributed by atoms with E-state index in [1.807, 2.05) is 13.1 Å². The Labute approximate surface area is 112 Å². The molecule has 0 aliphatic carbocycles. The molecular weight excluding hydrogens is 242 g/mol. The standard InChI is InChI=1S/C13H19N5O/c1-14-7-10-3-2-5-18(8-10)13-15-12(16-17-13)11-4-6-19-9-11/h4,6,9-10,14H,2-3,5,7-8H2,1H3,(H,15,16,17). The summed E-state index contributed by atoms with van der Waals surface area (Å²) in [6.45, 7) is 3.10. The van der Waals surface area contributed by atoms with E-state index in [2.05, 4.69) is 25.4 Å².